The van der Waals surface area contributed by atoms with Crippen LogP contribution in [0.1, 0.15) is 63.5 Å². The zero-order valence-electron chi connectivity index (χ0n) is 19.5. The van der Waals surface area contributed by atoms with Crippen LogP contribution in [0.3, 0.4) is 0 Å². The number of piperidine rings is 1. The first-order valence-electron chi connectivity index (χ1n) is 12.0. The number of aromatic nitrogens is 3. The van der Waals surface area contributed by atoms with Gasteiger partial charge in [-0.3, -0.25) is 4.90 Å². The SMILES string of the molecule is CCOCCCNC(=NCc1nnc(C)n1C)NC1CCN(C2CCCCC2O)CC1. The number of nitrogens with zero attached hydrogens (tertiary/aromatic N) is 5. The Labute approximate surface area is 186 Å². The third-order valence-electron chi connectivity index (χ3n) is 6.56. The Morgan fingerprint density at radius 1 is 1.19 bits per heavy atom. The van der Waals surface area contributed by atoms with Gasteiger partial charge in [0, 0.05) is 52.0 Å². The largest absolute Gasteiger partial charge is 0.391 e. The van der Waals surface area contributed by atoms with E-state index < -0.39 is 0 Å². The highest BCUT2D eigenvalue weighted by Crippen LogP contribution is 2.25. The van der Waals surface area contributed by atoms with Gasteiger partial charge in [0.1, 0.15) is 12.4 Å². The molecule has 2 fully saturated rings. The van der Waals surface area contributed by atoms with Crippen LogP contribution in [0.4, 0.5) is 0 Å². The third kappa shape index (κ3) is 7.15. The Balaban J connectivity index is 1.52. The zero-order valence-corrected chi connectivity index (χ0v) is 19.5. The summed E-state index contributed by atoms with van der Waals surface area (Å²) >= 11 is 0. The Morgan fingerprint density at radius 2 is 1.97 bits per heavy atom. The molecule has 2 unspecified atom stereocenters. The van der Waals surface area contributed by atoms with E-state index in [2.05, 4.69) is 25.7 Å². The molecule has 1 aliphatic carbocycles. The first kappa shape index (κ1) is 23.9. The van der Waals surface area contributed by atoms with Gasteiger partial charge in [0.05, 0.1) is 6.10 Å². The second-order valence-corrected chi connectivity index (χ2v) is 8.74. The number of aryl methyl sites for hydroxylation is 1. The van der Waals surface area contributed by atoms with E-state index in [4.69, 9.17) is 9.73 Å². The molecule has 2 aliphatic rings. The highest BCUT2D eigenvalue weighted by Gasteiger charge is 2.31. The van der Waals surface area contributed by atoms with E-state index in [9.17, 15) is 5.11 Å². The van der Waals surface area contributed by atoms with E-state index in [1.54, 1.807) is 0 Å². The molecule has 1 aromatic rings. The van der Waals surface area contributed by atoms with Crippen LogP contribution in [0.2, 0.25) is 0 Å². The van der Waals surface area contributed by atoms with Crippen LogP contribution >= 0.6 is 0 Å². The van der Waals surface area contributed by atoms with Gasteiger partial charge in [0.15, 0.2) is 11.8 Å². The fraction of sp³-hybridized carbons (Fsp3) is 0.864. The van der Waals surface area contributed by atoms with Crippen molar-refractivity contribution in [3.8, 4) is 0 Å². The molecular formula is C22H41N7O2. The number of hydrogen-bond acceptors (Lipinski definition) is 6. The topological polar surface area (TPSA) is 99.8 Å². The molecule has 1 saturated carbocycles. The number of hydrogen-bond donors (Lipinski definition) is 3. The molecule has 2 heterocycles. The van der Waals surface area contributed by atoms with Gasteiger partial charge in [-0.15, -0.1) is 10.2 Å². The summed E-state index contributed by atoms with van der Waals surface area (Å²) in [7, 11) is 1.97. The number of rotatable bonds is 9. The highest BCUT2D eigenvalue weighted by atomic mass is 16.5. The quantitative estimate of drug-likeness (QED) is 0.306. The van der Waals surface area contributed by atoms with Crippen molar-refractivity contribution in [2.24, 2.45) is 12.0 Å². The number of aliphatic imine (C=N–C) groups is 1. The number of nitrogens with one attached hydrogen (secondary N) is 2. The molecule has 2 atom stereocenters. The van der Waals surface area contributed by atoms with Crippen LogP contribution in [-0.2, 0) is 18.3 Å². The molecule has 9 nitrogen and oxygen atoms in total. The summed E-state index contributed by atoms with van der Waals surface area (Å²) in [6, 6.07) is 0.732. The highest BCUT2D eigenvalue weighted by molar-refractivity contribution is 5.80. The van der Waals surface area contributed by atoms with Crippen molar-refractivity contribution in [1.29, 1.82) is 0 Å². The second kappa shape index (κ2) is 12.4. The summed E-state index contributed by atoms with van der Waals surface area (Å²) in [6.45, 7) is 8.83. The van der Waals surface area contributed by atoms with Gasteiger partial charge < -0.3 is 25.0 Å². The Bertz CT molecular complexity index is 685. The number of guanidine groups is 1. The molecule has 0 bridgehead atoms. The zero-order chi connectivity index (χ0) is 22.1. The minimum atomic E-state index is -0.155. The minimum Gasteiger partial charge on any atom is -0.391 e. The van der Waals surface area contributed by atoms with Crippen molar-refractivity contribution >= 4 is 5.96 Å². The summed E-state index contributed by atoms with van der Waals surface area (Å²) in [4.78, 5) is 7.27. The van der Waals surface area contributed by atoms with Crippen LogP contribution in [0.25, 0.3) is 0 Å². The van der Waals surface area contributed by atoms with Crippen molar-refractivity contribution < 1.29 is 9.84 Å². The lowest BCUT2D eigenvalue weighted by Gasteiger charge is -2.41. The summed E-state index contributed by atoms with van der Waals surface area (Å²) in [5.74, 6) is 2.57. The first-order valence-corrected chi connectivity index (χ1v) is 12.0. The summed E-state index contributed by atoms with van der Waals surface area (Å²) in [6.07, 6.45) is 7.39. The molecule has 1 aromatic heterocycles. The van der Waals surface area contributed by atoms with Crippen LogP contribution in [0.15, 0.2) is 4.99 Å². The average Bonchev–Trinajstić information content (AvgIpc) is 3.10. The van der Waals surface area contributed by atoms with Gasteiger partial charge in [0.25, 0.3) is 0 Å². The first-order chi connectivity index (χ1) is 15.1. The fourth-order valence-corrected chi connectivity index (χ4v) is 4.50. The smallest absolute Gasteiger partial charge is 0.191 e. The number of likely N-dealkylation sites (tertiary alicyclic amines) is 1. The normalized spacial score (nSPS) is 23.8. The molecule has 0 amide bonds. The molecule has 0 spiro atoms. The molecule has 176 valence electrons. The van der Waals surface area contributed by atoms with Gasteiger partial charge >= 0.3 is 0 Å². The lowest BCUT2D eigenvalue weighted by atomic mass is 9.89. The molecule has 1 saturated heterocycles. The third-order valence-corrected chi connectivity index (χ3v) is 6.56. The summed E-state index contributed by atoms with van der Waals surface area (Å²) in [5.41, 5.74) is 0. The lowest BCUT2D eigenvalue weighted by molar-refractivity contribution is 0.00810. The Kier molecular flexibility index (Phi) is 9.54. The lowest BCUT2D eigenvalue weighted by Crippen LogP contribution is -2.53. The monoisotopic (exact) mass is 435 g/mol. The van der Waals surface area contributed by atoms with Crippen molar-refractivity contribution in [3.05, 3.63) is 11.6 Å². The van der Waals surface area contributed by atoms with Gasteiger partial charge in [-0.25, -0.2) is 4.99 Å². The van der Waals surface area contributed by atoms with E-state index in [1.165, 1.54) is 6.42 Å². The standard InChI is InChI=1S/C22H41N7O2/c1-4-31-15-7-12-23-22(24-16-21-27-26-17(2)28(21)3)25-18-10-13-29(14-11-18)19-8-5-6-9-20(19)30/h18-20,30H,4-16H2,1-3H3,(H2,23,24,25). The Hall–Kier alpha value is -1.71. The van der Waals surface area contributed by atoms with Gasteiger partial charge in [-0.1, -0.05) is 12.8 Å². The van der Waals surface area contributed by atoms with Crippen molar-refractivity contribution in [3.63, 3.8) is 0 Å². The average molecular weight is 436 g/mol. The van der Waals surface area contributed by atoms with Gasteiger partial charge in [-0.2, -0.15) is 0 Å². The maximum Gasteiger partial charge on any atom is 0.191 e. The Morgan fingerprint density at radius 3 is 2.65 bits per heavy atom. The van der Waals surface area contributed by atoms with Gasteiger partial charge in [-0.05, 0) is 46.0 Å². The van der Waals surface area contributed by atoms with Crippen LogP contribution < -0.4 is 10.6 Å². The van der Waals surface area contributed by atoms with Crippen LogP contribution in [0.5, 0.6) is 0 Å². The van der Waals surface area contributed by atoms with E-state index in [0.29, 0.717) is 18.6 Å². The fourth-order valence-electron chi connectivity index (χ4n) is 4.50. The number of aliphatic hydroxyl groups is 1. The maximum atomic E-state index is 10.4. The van der Waals surface area contributed by atoms with Crippen molar-refractivity contribution in [2.75, 3.05) is 32.8 Å². The van der Waals surface area contributed by atoms with E-state index in [0.717, 1.165) is 89.0 Å². The van der Waals surface area contributed by atoms with E-state index in [1.807, 2.05) is 25.5 Å². The van der Waals surface area contributed by atoms with E-state index >= 15 is 0 Å². The predicted molar refractivity (Wildman–Crippen MR) is 122 cm³/mol. The molecule has 1 aliphatic heterocycles. The van der Waals surface area contributed by atoms with Crippen molar-refractivity contribution in [2.45, 2.75) is 83.5 Å². The predicted octanol–water partition coefficient (Wildman–Crippen LogP) is 1.35. The van der Waals surface area contributed by atoms with Crippen molar-refractivity contribution in [1.82, 2.24) is 30.3 Å². The van der Waals surface area contributed by atoms with Gasteiger partial charge in [0.2, 0.25) is 0 Å². The maximum absolute atomic E-state index is 10.4. The molecule has 31 heavy (non-hydrogen) atoms. The number of ether oxygens (including phenoxy) is 1. The summed E-state index contributed by atoms with van der Waals surface area (Å²) in [5, 5.41) is 25.8. The molecule has 0 radical (unpaired) electrons. The molecular weight excluding hydrogens is 394 g/mol. The van der Waals surface area contributed by atoms with E-state index in [-0.39, 0.29) is 6.10 Å². The molecule has 0 aromatic carbocycles. The molecule has 3 N–H and O–H groups in total. The summed E-state index contributed by atoms with van der Waals surface area (Å²) < 4.78 is 7.42. The second-order valence-electron chi connectivity index (χ2n) is 8.74. The number of aliphatic hydroxyl groups excluding tert-OH is 1. The van der Waals surface area contributed by atoms with Crippen LogP contribution in [0, 0.1) is 6.92 Å². The van der Waals surface area contributed by atoms with Crippen LogP contribution in [-0.4, -0.2) is 81.8 Å². The minimum absolute atomic E-state index is 0.155. The molecule has 3 rings (SSSR count). The molecule has 9 heteroatoms.